The molecule has 6 heteroatoms. The number of rotatable bonds is 2. The molecule has 2 aromatic rings. The molecule has 5 nitrogen and oxygen atoms in total. The molecule has 2 aromatic heterocycles. The molecule has 0 aliphatic rings. The van der Waals surface area contributed by atoms with Crippen LogP contribution in [0, 0.1) is 0 Å². The number of thiazole rings is 1. The predicted octanol–water partition coefficient (Wildman–Crippen LogP) is 0.387. The fraction of sp³-hybridized carbons (Fsp3) is 0.167. The van der Waals surface area contributed by atoms with E-state index in [1.165, 1.54) is 11.3 Å². The molecule has 0 amide bonds. The second-order valence-corrected chi connectivity index (χ2v) is 3.06. The number of hydrogen-bond acceptors (Lipinski definition) is 5. The quantitative estimate of drug-likeness (QED) is 0.702. The molecule has 62 valence electrons. The molecular formula is C6H7N5S. The van der Waals surface area contributed by atoms with Gasteiger partial charge in [-0.1, -0.05) is 0 Å². The molecule has 0 fully saturated rings. The van der Waals surface area contributed by atoms with Crippen molar-refractivity contribution in [1.82, 2.24) is 20.2 Å². The lowest BCUT2D eigenvalue weighted by Crippen LogP contribution is -1.97. The number of nitrogens with two attached hydrogens (primary N) is 1. The Labute approximate surface area is 72.7 Å². The number of hydrogen-bond donors (Lipinski definition) is 2. The summed E-state index contributed by atoms with van der Waals surface area (Å²) >= 11 is 1.50. The number of aromatic nitrogens is 4. The van der Waals surface area contributed by atoms with Crippen molar-refractivity contribution >= 4 is 11.3 Å². The van der Waals surface area contributed by atoms with Gasteiger partial charge in [-0.15, -0.1) is 11.3 Å². The minimum absolute atomic E-state index is 0.381. The summed E-state index contributed by atoms with van der Waals surface area (Å²) in [6.45, 7) is 0.381. The van der Waals surface area contributed by atoms with Crippen LogP contribution in [0.5, 0.6) is 0 Å². The zero-order valence-corrected chi connectivity index (χ0v) is 7.01. The van der Waals surface area contributed by atoms with Crippen LogP contribution in [0.1, 0.15) is 5.82 Å². The molecule has 2 rings (SSSR count). The normalized spacial score (nSPS) is 10.4. The highest BCUT2D eigenvalue weighted by atomic mass is 32.1. The van der Waals surface area contributed by atoms with Gasteiger partial charge in [-0.05, 0) is 0 Å². The van der Waals surface area contributed by atoms with Gasteiger partial charge in [0.15, 0.2) is 5.82 Å². The first kappa shape index (κ1) is 7.38. The van der Waals surface area contributed by atoms with E-state index in [9.17, 15) is 0 Å². The van der Waals surface area contributed by atoms with Gasteiger partial charge in [0.25, 0.3) is 0 Å². The Balaban J connectivity index is 2.35. The van der Waals surface area contributed by atoms with Crippen LogP contribution in [0.4, 0.5) is 0 Å². The smallest absolute Gasteiger partial charge is 0.192 e. The third kappa shape index (κ3) is 1.21. The highest BCUT2D eigenvalue weighted by Crippen LogP contribution is 2.17. The third-order valence-corrected chi connectivity index (χ3v) is 2.15. The van der Waals surface area contributed by atoms with Crippen LogP contribution in [-0.2, 0) is 6.54 Å². The molecule has 0 radical (unpaired) electrons. The van der Waals surface area contributed by atoms with Gasteiger partial charge in [0.2, 0.25) is 0 Å². The Morgan fingerprint density at radius 3 is 3.08 bits per heavy atom. The van der Waals surface area contributed by atoms with Crippen LogP contribution >= 0.6 is 11.3 Å². The lowest BCUT2D eigenvalue weighted by molar-refractivity contribution is 0.917. The van der Waals surface area contributed by atoms with Crippen molar-refractivity contribution in [2.24, 2.45) is 5.73 Å². The number of aromatic amines is 1. The third-order valence-electron chi connectivity index (χ3n) is 1.38. The Bertz CT molecular complexity index is 352. The van der Waals surface area contributed by atoms with Crippen molar-refractivity contribution in [2.75, 3.05) is 0 Å². The fourth-order valence-corrected chi connectivity index (χ4v) is 1.38. The van der Waals surface area contributed by atoms with E-state index in [0.29, 0.717) is 18.2 Å². The summed E-state index contributed by atoms with van der Waals surface area (Å²) in [5.74, 6) is 1.36. The number of H-pyrrole nitrogens is 1. The molecule has 0 unspecified atom stereocenters. The fourth-order valence-electron chi connectivity index (χ4n) is 0.823. The maximum Gasteiger partial charge on any atom is 0.192 e. The van der Waals surface area contributed by atoms with E-state index in [0.717, 1.165) is 4.88 Å². The molecular weight excluding hydrogens is 174 g/mol. The van der Waals surface area contributed by atoms with Crippen molar-refractivity contribution < 1.29 is 0 Å². The summed E-state index contributed by atoms with van der Waals surface area (Å²) in [4.78, 5) is 9.03. The van der Waals surface area contributed by atoms with Crippen LogP contribution in [-0.4, -0.2) is 20.2 Å². The van der Waals surface area contributed by atoms with Crippen LogP contribution < -0.4 is 5.73 Å². The van der Waals surface area contributed by atoms with E-state index in [2.05, 4.69) is 20.2 Å². The van der Waals surface area contributed by atoms with Gasteiger partial charge in [0.1, 0.15) is 5.82 Å². The molecule has 0 atom stereocenters. The maximum absolute atomic E-state index is 5.37. The maximum atomic E-state index is 5.37. The minimum atomic E-state index is 0.381. The number of nitrogens with zero attached hydrogens (tertiary/aromatic N) is 3. The zero-order valence-electron chi connectivity index (χ0n) is 6.19. The van der Waals surface area contributed by atoms with Gasteiger partial charge < -0.3 is 5.73 Å². The minimum Gasteiger partial charge on any atom is -0.324 e. The molecule has 12 heavy (non-hydrogen) atoms. The molecule has 0 aliphatic heterocycles. The molecule has 2 heterocycles. The van der Waals surface area contributed by atoms with Gasteiger partial charge >= 0.3 is 0 Å². The van der Waals surface area contributed by atoms with Gasteiger partial charge in [-0.2, -0.15) is 5.10 Å². The highest BCUT2D eigenvalue weighted by molar-refractivity contribution is 7.13. The summed E-state index contributed by atoms with van der Waals surface area (Å²) in [6, 6.07) is 0. The average molecular weight is 181 g/mol. The lowest BCUT2D eigenvalue weighted by Gasteiger charge is -1.82. The van der Waals surface area contributed by atoms with E-state index in [-0.39, 0.29) is 0 Å². The van der Waals surface area contributed by atoms with Crippen molar-refractivity contribution in [1.29, 1.82) is 0 Å². The van der Waals surface area contributed by atoms with Gasteiger partial charge in [0.05, 0.1) is 16.9 Å². The zero-order chi connectivity index (χ0) is 8.39. The second-order valence-electron chi connectivity index (χ2n) is 2.18. The molecule has 0 aromatic carbocycles. The summed E-state index contributed by atoms with van der Waals surface area (Å²) in [5, 5.41) is 6.72. The molecule has 0 aliphatic carbocycles. The van der Waals surface area contributed by atoms with Gasteiger partial charge in [-0.3, -0.25) is 10.1 Å². The van der Waals surface area contributed by atoms with Gasteiger partial charge in [-0.25, -0.2) is 4.98 Å². The summed E-state index contributed by atoms with van der Waals surface area (Å²) < 4.78 is 0. The Morgan fingerprint density at radius 1 is 1.58 bits per heavy atom. The summed E-state index contributed by atoms with van der Waals surface area (Å²) in [7, 11) is 0. The van der Waals surface area contributed by atoms with Crippen LogP contribution in [0.25, 0.3) is 10.7 Å². The first-order valence-electron chi connectivity index (χ1n) is 3.40. The van der Waals surface area contributed by atoms with E-state index in [1.807, 2.05) is 0 Å². The van der Waals surface area contributed by atoms with E-state index in [4.69, 9.17) is 5.73 Å². The predicted molar refractivity (Wildman–Crippen MR) is 45.4 cm³/mol. The summed E-state index contributed by atoms with van der Waals surface area (Å²) in [5.41, 5.74) is 7.11. The molecule has 0 spiro atoms. The number of nitrogens with one attached hydrogen (secondary N) is 1. The molecule has 0 saturated heterocycles. The van der Waals surface area contributed by atoms with Crippen molar-refractivity contribution in [3.63, 3.8) is 0 Å². The van der Waals surface area contributed by atoms with Crippen LogP contribution in [0.3, 0.4) is 0 Å². The highest BCUT2D eigenvalue weighted by Gasteiger charge is 2.05. The van der Waals surface area contributed by atoms with Crippen LogP contribution in [0.2, 0.25) is 0 Å². The first-order chi connectivity index (χ1) is 5.90. The van der Waals surface area contributed by atoms with E-state index in [1.54, 1.807) is 11.7 Å². The summed E-state index contributed by atoms with van der Waals surface area (Å²) in [6.07, 6.45) is 1.73. The first-order valence-corrected chi connectivity index (χ1v) is 4.28. The van der Waals surface area contributed by atoms with E-state index < -0.39 is 0 Å². The molecule has 3 N–H and O–H groups in total. The molecule has 0 saturated carbocycles. The standard InChI is InChI=1S/C6H7N5S/c7-1-5-9-6(11-10-5)4-2-8-3-12-4/h2-3H,1,7H2,(H,9,10,11). The SMILES string of the molecule is NCc1nc(-c2cncs2)n[nH]1. The van der Waals surface area contributed by atoms with Crippen molar-refractivity contribution in [3.05, 3.63) is 17.5 Å². The Hall–Kier alpha value is -1.27. The van der Waals surface area contributed by atoms with Crippen molar-refractivity contribution in [2.45, 2.75) is 6.54 Å². The van der Waals surface area contributed by atoms with Crippen LogP contribution in [0.15, 0.2) is 11.7 Å². The topological polar surface area (TPSA) is 80.5 Å². The van der Waals surface area contributed by atoms with Gasteiger partial charge in [0, 0.05) is 6.20 Å². The average Bonchev–Trinajstić information content (AvgIpc) is 2.75. The van der Waals surface area contributed by atoms with Crippen molar-refractivity contribution in [3.8, 4) is 10.7 Å². The Morgan fingerprint density at radius 2 is 2.50 bits per heavy atom. The second kappa shape index (κ2) is 3.00. The molecule has 0 bridgehead atoms. The monoisotopic (exact) mass is 181 g/mol. The largest absolute Gasteiger partial charge is 0.324 e. The van der Waals surface area contributed by atoms with E-state index >= 15 is 0 Å². The Kier molecular flexibility index (Phi) is 1.84. The lowest BCUT2D eigenvalue weighted by atomic mass is 10.5.